The molecule has 0 saturated heterocycles. The average molecular weight is 363 g/mol. The summed E-state index contributed by atoms with van der Waals surface area (Å²) in [5, 5.41) is 9.62. The van der Waals surface area contributed by atoms with Crippen LogP contribution >= 0.6 is 23.6 Å². The van der Waals surface area contributed by atoms with Gasteiger partial charge in [0, 0.05) is 4.88 Å². The summed E-state index contributed by atoms with van der Waals surface area (Å²) in [6.07, 6.45) is 2.30. The molecular weight excluding hydrogens is 334 g/mol. The Labute approximate surface area is 155 Å². The second-order valence-corrected chi connectivity index (χ2v) is 7.68. The van der Waals surface area contributed by atoms with Gasteiger partial charge in [0.25, 0.3) is 0 Å². The molecule has 2 aromatic rings. The van der Waals surface area contributed by atoms with Crippen molar-refractivity contribution in [3.8, 4) is 0 Å². The zero-order chi connectivity index (χ0) is 17.4. The van der Waals surface area contributed by atoms with Crippen LogP contribution in [0.5, 0.6) is 0 Å². The molecule has 2 rings (SSSR count). The van der Waals surface area contributed by atoms with Crippen LogP contribution in [0.4, 0.5) is 0 Å². The Morgan fingerprint density at radius 1 is 1.21 bits per heavy atom. The number of likely N-dealkylation sites (N-methyl/N-ethyl adjacent to an activating group) is 1. The van der Waals surface area contributed by atoms with E-state index in [-0.39, 0.29) is 6.04 Å². The summed E-state index contributed by atoms with van der Waals surface area (Å²) in [4.78, 5) is 2.69. The first-order valence-electron chi connectivity index (χ1n) is 8.55. The van der Waals surface area contributed by atoms with E-state index in [0.717, 1.165) is 19.5 Å². The lowest BCUT2D eigenvalue weighted by Crippen LogP contribution is -3.06. The lowest BCUT2D eigenvalue weighted by atomic mass is 10.0. The molecule has 0 aliphatic carbocycles. The van der Waals surface area contributed by atoms with Gasteiger partial charge < -0.3 is 15.5 Å². The van der Waals surface area contributed by atoms with Crippen molar-refractivity contribution in [1.29, 1.82) is 0 Å². The Kier molecular flexibility index (Phi) is 7.69. The van der Waals surface area contributed by atoms with E-state index in [2.05, 4.69) is 73.4 Å². The predicted molar refractivity (Wildman–Crippen MR) is 108 cm³/mol. The van der Waals surface area contributed by atoms with E-state index in [1.165, 1.54) is 27.3 Å². The first-order chi connectivity index (χ1) is 11.6. The lowest BCUT2D eigenvalue weighted by Gasteiger charge is -2.21. The molecule has 130 valence electrons. The molecule has 0 saturated carbocycles. The molecule has 0 aliphatic heterocycles. The number of thiophene rings is 1. The number of hydrogen-bond donors (Lipinski definition) is 3. The van der Waals surface area contributed by atoms with Gasteiger partial charge in [0.1, 0.15) is 0 Å². The quantitative estimate of drug-likeness (QED) is 0.630. The summed E-state index contributed by atoms with van der Waals surface area (Å²) in [6.45, 7) is 4.13. The van der Waals surface area contributed by atoms with Crippen molar-refractivity contribution in [3.05, 3.63) is 57.8 Å². The summed E-state index contributed by atoms with van der Waals surface area (Å²) in [6, 6.07) is 13.2. The van der Waals surface area contributed by atoms with Gasteiger partial charge in [0.15, 0.2) is 5.11 Å². The first-order valence-corrected chi connectivity index (χ1v) is 9.84. The highest BCUT2D eigenvalue weighted by Crippen LogP contribution is 2.26. The molecule has 1 atom stereocenters. The Morgan fingerprint density at radius 2 is 1.96 bits per heavy atom. The van der Waals surface area contributed by atoms with Gasteiger partial charge in [-0.3, -0.25) is 0 Å². The molecule has 1 aromatic heterocycles. The van der Waals surface area contributed by atoms with Crippen molar-refractivity contribution < 1.29 is 4.90 Å². The van der Waals surface area contributed by atoms with Crippen LogP contribution < -0.4 is 15.5 Å². The maximum Gasteiger partial charge on any atom is 0.167 e. The Hall–Kier alpha value is -1.43. The SMILES string of the molecule is CCCc1ccc([C@@H](NC(=S)NCC[NH+](C)C)c2cccs2)cc1. The normalized spacial score (nSPS) is 12.2. The summed E-state index contributed by atoms with van der Waals surface area (Å²) in [5.41, 5.74) is 2.64. The number of benzene rings is 1. The molecule has 3 N–H and O–H groups in total. The number of nitrogens with one attached hydrogen (secondary N) is 3. The fourth-order valence-electron chi connectivity index (χ4n) is 2.55. The van der Waals surface area contributed by atoms with E-state index in [4.69, 9.17) is 12.2 Å². The lowest BCUT2D eigenvalue weighted by molar-refractivity contribution is -0.856. The summed E-state index contributed by atoms with van der Waals surface area (Å²) >= 11 is 7.25. The predicted octanol–water partition coefficient (Wildman–Crippen LogP) is 2.40. The maximum atomic E-state index is 5.50. The standard InChI is InChI=1S/C19H27N3S2/c1-4-6-15-8-10-16(11-9-15)18(17-7-5-14-24-17)21-19(23)20-12-13-22(2)3/h5,7-11,14,18H,4,6,12-13H2,1-3H3,(H2,20,21,23)/p+1/t18-/m1/s1. The monoisotopic (exact) mass is 362 g/mol. The zero-order valence-electron chi connectivity index (χ0n) is 14.8. The smallest absolute Gasteiger partial charge is 0.167 e. The highest BCUT2D eigenvalue weighted by molar-refractivity contribution is 7.80. The molecule has 0 aliphatic rings. The first kappa shape index (κ1) is 18.9. The Bertz CT molecular complexity index is 606. The molecule has 24 heavy (non-hydrogen) atoms. The van der Waals surface area contributed by atoms with Gasteiger partial charge in [-0.25, -0.2) is 0 Å². The minimum Gasteiger partial charge on any atom is -0.357 e. The molecule has 0 spiro atoms. The van der Waals surface area contributed by atoms with Gasteiger partial charge in [0.2, 0.25) is 0 Å². The molecular formula is C19H28N3S2+. The second kappa shape index (κ2) is 9.77. The van der Waals surface area contributed by atoms with E-state index >= 15 is 0 Å². The summed E-state index contributed by atoms with van der Waals surface area (Å²) in [7, 11) is 4.29. The minimum atomic E-state index is 0.104. The van der Waals surface area contributed by atoms with Crippen LogP contribution in [0.1, 0.15) is 35.4 Å². The van der Waals surface area contributed by atoms with Crippen LogP contribution in [-0.2, 0) is 6.42 Å². The van der Waals surface area contributed by atoms with Crippen LogP contribution in [0.2, 0.25) is 0 Å². The van der Waals surface area contributed by atoms with E-state index in [9.17, 15) is 0 Å². The number of hydrogen-bond acceptors (Lipinski definition) is 2. The van der Waals surface area contributed by atoms with Gasteiger partial charge in [-0.05, 0) is 41.2 Å². The van der Waals surface area contributed by atoms with Gasteiger partial charge in [-0.15, -0.1) is 11.3 Å². The second-order valence-electron chi connectivity index (χ2n) is 6.30. The van der Waals surface area contributed by atoms with Crippen molar-refractivity contribution in [2.45, 2.75) is 25.8 Å². The van der Waals surface area contributed by atoms with E-state index < -0.39 is 0 Å². The van der Waals surface area contributed by atoms with Crippen molar-refractivity contribution in [3.63, 3.8) is 0 Å². The average Bonchev–Trinajstić information content (AvgIpc) is 3.08. The number of rotatable bonds is 8. The zero-order valence-corrected chi connectivity index (χ0v) is 16.4. The van der Waals surface area contributed by atoms with Crippen molar-refractivity contribution in [2.24, 2.45) is 0 Å². The van der Waals surface area contributed by atoms with Crippen LogP contribution in [0.3, 0.4) is 0 Å². The molecule has 1 heterocycles. The van der Waals surface area contributed by atoms with Crippen molar-refractivity contribution in [1.82, 2.24) is 10.6 Å². The summed E-state index contributed by atoms with van der Waals surface area (Å²) in [5.74, 6) is 0. The molecule has 0 bridgehead atoms. The molecule has 3 nitrogen and oxygen atoms in total. The largest absolute Gasteiger partial charge is 0.357 e. The van der Waals surface area contributed by atoms with Crippen LogP contribution in [0, 0.1) is 0 Å². The van der Waals surface area contributed by atoms with Crippen LogP contribution in [0.25, 0.3) is 0 Å². The van der Waals surface area contributed by atoms with Crippen LogP contribution in [0.15, 0.2) is 41.8 Å². The molecule has 0 amide bonds. The van der Waals surface area contributed by atoms with E-state index in [1.54, 1.807) is 11.3 Å². The Balaban J connectivity index is 2.06. The van der Waals surface area contributed by atoms with Crippen molar-refractivity contribution >= 4 is 28.7 Å². The number of quaternary nitrogens is 1. The number of thiocarbonyl (C=S) groups is 1. The molecule has 0 fully saturated rings. The van der Waals surface area contributed by atoms with Crippen LogP contribution in [-0.4, -0.2) is 32.3 Å². The fraction of sp³-hybridized carbons (Fsp3) is 0.421. The summed E-state index contributed by atoms with van der Waals surface area (Å²) < 4.78 is 0. The van der Waals surface area contributed by atoms with Gasteiger partial charge in [0.05, 0.1) is 33.2 Å². The molecule has 0 radical (unpaired) electrons. The van der Waals surface area contributed by atoms with Gasteiger partial charge in [-0.2, -0.15) is 0 Å². The van der Waals surface area contributed by atoms with E-state index in [0.29, 0.717) is 5.11 Å². The molecule has 0 unspecified atom stereocenters. The number of aryl methyl sites for hydroxylation is 1. The third-order valence-electron chi connectivity index (χ3n) is 3.87. The minimum absolute atomic E-state index is 0.104. The van der Waals surface area contributed by atoms with E-state index in [1.807, 2.05) is 0 Å². The fourth-order valence-corrected chi connectivity index (χ4v) is 3.57. The highest BCUT2D eigenvalue weighted by atomic mass is 32.1. The van der Waals surface area contributed by atoms with Crippen molar-refractivity contribution in [2.75, 3.05) is 27.2 Å². The third kappa shape index (κ3) is 5.89. The molecule has 5 heteroatoms. The topological polar surface area (TPSA) is 28.5 Å². The highest BCUT2D eigenvalue weighted by Gasteiger charge is 2.16. The Morgan fingerprint density at radius 3 is 2.54 bits per heavy atom. The van der Waals surface area contributed by atoms with Gasteiger partial charge in [-0.1, -0.05) is 43.7 Å². The third-order valence-corrected chi connectivity index (χ3v) is 5.06. The molecule has 1 aromatic carbocycles. The maximum absolute atomic E-state index is 5.50. The van der Waals surface area contributed by atoms with Gasteiger partial charge >= 0.3 is 0 Å².